The molecule has 2 aliphatic rings. The van der Waals surface area contributed by atoms with Crippen LogP contribution in [0.1, 0.15) is 19.8 Å². The second-order valence-electron chi connectivity index (χ2n) is 6.48. The molecule has 0 N–H and O–H groups in total. The molecule has 24 heavy (non-hydrogen) atoms. The van der Waals surface area contributed by atoms with Gasteiger partial charge in [0.05, 0.1) is 17.5 Å². The lowest BCUT2D eigenvalue weighted by molar-refractivity contribution is -0.585. The number of para-hydroxylation sites is 1. The van der Waals surface area contributed by atoms with Crippen LogP contribution in [0.5, 0.6) is 0 Å². The Bertz CT molecular complexity index is 827. The van der Waals surface area contributed by atoms with E-state index in [1.54, 1.807) is 0 Å². The van der Waals surface area contributed by atoms with Crippen LogP contribution < -0.4 is 9.47 Å². The van der Waals surface area contributed by atoms with Crippen LogP contribution in [0.15, 0.2) is 66.5 Å². The Hall–Kier alpha value is -2.75. The number of anilines is 1. The molecule has 1 aliphatic heterocycles. The average Bonchev–Trinajstić information content (AvgIpc) is 2.86. The van der Waals surface area contributed by atoms with Crippen LogP contribution in [0.2, 0.25) is 0 Å². The van der Waals surface area contributed by atoms with Crippen molar-refractivity contribution in [2.24, 2.45) is 11.8 Å². The fourth-order valence-electron chi connectivity index (χ4n) is 3.81. The molecule has 2 amide bonds. The molecule has 4 rings (SSSR count). The van der Waals surface area contributed by atoms with Gasteiger partial charge in [0.2, 0.25) is 11.8 Å². The summed E-state index contributed by atoms with van der Waals surface area (Å²) >= 11 is 0. The number of carbonyl (C=O) groups is 2. The normalized spacial score (nSPS) is 23.6. The molecule has 2 heterocycles. The fraction of sp³-hybridized carbons (Fsp3) is 0.250. The number of imide groups is 1. The molecule has 120 valence electrons. The summed E-state index contributed by atoms with van der Waals surface area (Å²) in [6.07, 6.45) is 5.25. The minimum atomic E-state index is -0.260. The van der Waals surface area contributed by atoms with Crippen LogP contribution in [0.25, 0.3) is 5.70 Å². The van der Waals surface area contributed by atoms with E-state index in [4.69, 9.17) is 0 Å². The van der Waals surface area contributed by atoms with Crippen LogP contribution >= 0.6 is 0 Å². The lowest BCUT2D eigenvalue weighted by Gasteiger charge is -2.21. The Kier molecular flexibility index (Phi) is 3.53. The number of rotatable bonds is 2. The third-order valence-electron chi connectivity index (χ3n) is 5.03. The number of fused-ring (bicyclic) bond motifs is 1. The summed E-state index contributed by atoms with van der Waals surface area (Å²) in [4.78, 5) is 27.1. The number of aromatic nitrogens is 1. The minimum absolute atomic E-state index is 0.0624. The number of benzene rings is 1. The third-order valence-corrected chi connectivity index (χ3v) is 5.03. The summed E-state index contributed by atoms with van der Waals surface area (Å²) in [5.74, 6) is -0.625. The SMILES string of the molecule is CC1=C([n+]2ccccc2)CC2C(=O)N(c3ccccc3)C(=O)C2C1. The maximum Gasteiger partial charge on any atom is 0.238 e. The topological polar surface area (TPSA) is 41.3 Å². The Morgan fingerprint density at radius 3 is 2.12 bits per heavy atom. The van der Waals surface area contributed by atoms with Gasteiger partial charge in [-0.2, -0.15) is 4.57 Å². The van der Waals surface area contributed by atoms with Gasteiger partial charge in [-0.15, -0.1) is 0 Å². The fourth-order valence-corrected chi connectivity index (χ4v) is 3.81. The number of hydrogen-bond acceptors (Lipinski definition) is 2. The first-order valence-corrected chi connectivity index (χ1v) is 8.25. The van der Waals surface area contributed by atoms with Crippen molar-refractivity contribution in [3.8, 4) is 0 Å². The highest BCUT2D eigenvalue weighted by atomic mass is 16.2. The molecular weight excluding hydrogens is 300 g/mol. The molecule has 0 bridgehead atoms. The highest BCUT2D eigenvalue weighted by Gasteiger charge is 2.51. The second kappa shape index (κ2) is 5.71. The van der Waals surface area contributed by atoms with Crippen molar-refractivity contribution in [2.75, 3.05) is 4.90 Å². The van der Waals surface area contributed by atoms with E-state index >= 15 is 0 Å². The van der Waals surface area contributed by atoms with Crippen molar-refractivity contribution in [3.05, 3.63) is 66.5 Å². The predicted molar refractivity (Wildman–Crippen MR) is 90.7 cm³/mol. The Labute approximate surface area is 141 Å². The zero-order valence-corrected chi connectivity index (χ0v) is 13.6. The van der Waals surface area contributed by atoms with E-state index in [0.29, 0.717) is 18.5 Å². The Morgan fingerprint density at radius 1 is 0.875 bits per heavy atom. The number of nitrogens with zero attached hydrogens (tertiary/aromatic N) is 2. The van der Waals surface area contributed by atoms with E-state index in [-0.39, 0.29) is 23.7 Å². The third kappa shape index (κ3) is 2.26. The summed E-state index contributed by atoms with van der Waals surface area (Å²) in [7, 11) is 0. The zero-order chi connectivity index (χ0) is 16.7. The van der Waals surface area contributed by atoms with Crippen molar-refractivity contribution >= 4 is 23.2 Å². The van der Waals surface area contributed by atoms with Crippen LogP contribution in [-0.4, -0.2) is 11.8 Å². The number of carbonyl (C=O) groups excluding carboxylic acids is 2. The summed E-state index contributed by atoms with van der Waals surface area (Å²) in [5.41, 5.74) is 2.99. The molecule has 4 nitrogen and oxygen atoms in total. The lowest BCUT2D eigenvalue weighted by atomic mass is 9.80. The molecule has 4 heteroatoms. The van der Waals surface area contributed by atoms with Crippen molar-refractivity contribution in [1.82, 2.24) is 0 Å². The molecule has 1 aliphatic carbocycles. The first-order valence-electron chi connectivity index (χ1n) is 8.25. The van der Waals surface area contributed by atoms with Gasteiger partial charge in [0.15, 0.2) is 18.1 Å². The molecule has 2 aromatic rings. The van der Waals surface area contributed by atoms with Gasteiger partial charge in [-0.25, -0.2) is 0 Å². The lowest BCUT2D eigenvalue weighted by Crippen LogP contribution is -2.37. The molecule has 0 spiro atoms. The van der Waals surface area contributed by atoms with Crippen LogP contribution in [0.4, 0.5) is 5.69 Å². The Morgan fingerprint density at radius 2 is 1.46 bits per heavy atom. The van der Waals surface area contributed by atoms with Crippen molar-refractivity contribution in [1.29, 1.82) is 0 Å². The van der Waals surface area contributed by atoms with E-state index in [0.717, 1.165) is 5.70 Å². The highest BCUT2D eigenvalue weighted by molar-refractivity contribution is 6.22. The van der Waals surface area contributed by atoms with Gasteiger partial charge in [0, 0.05) is 18.6 Å². The predicted octanol–water partition coefficient (Wildman–Crippen LogP) is 2.80. The first kappa shape index (κ1) is 14.8. The quantitative estimate of drug-likeness (QED) is 0.631. The van der Waals surface area contributed by atoms with Crippen molar-refractivity contribution in [2.45, 2.75) is 19.8 Å². The highest BCUT2D eigenvalue weighted by Crippen LogP contribution is 2.42. The van der Waals surface area contributed by atoms with Crippen LogP contribution in [0, 0.1) is 11.8 Å². The summed E-state index contributed by atoms with van der Waals surface area (Å²) < 4.78 is 2.06. The van der Waals surface area contributed by atoms with Gasteiger partial charge in [-0.1, -0.05) is 24.3 Å². The summed E-state index contributed by atoms with van der Waals surface area (Å²) in [6.45, 7) is 2.06. The number of allylic oxidation sites excluding steroid dienone is 2. The molecule has 1 fully saturated rings. The van der Waals surface area contributed by atoms with Crippen LogP contribution in [-0.2, 0) is 9.59 Å². The van der Waals surface area contributed by atoms with Gasteiger partial charge in [0.1, 0.15) is 0 Å². The Balaban J connectivity index is 1.69. The average molecular weight is 319 g/mol. The number of hydrogen-bond donors (Lipinski definition) is 0. The molecule has 0 saturated carbocycles. The molecule has 0 radical (unpaired) electrons. The van der Waals surface area contributed by atoms with Crippen molar-refractivity contribution < 1.29 is 14.2 Å². The van der Waals surface area contributed by atoms with E-state index < -0.39 is 0 Å². The van der Waals surface area contributed by atoms with E-state index in [1.165, 1.54) is 10.5 Å². The smallest absolute Gasteiger partial charge is 0.238 e. The minimum Gasteiger partial charge on any atom is -0.274 e. The standard InChI is InChI=1S/C20H19N2O2/c1-14-12-16-17(13-18(14)21-10-6-3-7-11-21)20(24)22(19(16)23)15-8-4-2-5-9-15/h2-11,16-17H,12-13H2,1H3/q+1. The van der Waals surface area contributed by atoms with Gasteiger partial charge >= 0.3 is 0 Å². The number of pyridine rings is 1. The molecule has 1 aromatic heterocycles. The zero-order valence-electron chi connectivity index (χ0n) is 13.6. The molecular formula is C20H19N2O2+. The van der Waals surface area contributed by atoms with Crippen LogP contribution in [0.3, 0.4) is 0 Å². The largest absolute Gasteiger partial charge is 0.274 e. The maximum absolute atomic E-state index is 12.9. The van der Waals surface area contributed by atoms with Crippen molar-refractivity contribution in [3.63, 3.8) is 0 Å². The monoisotopic (exact) mass is 319 g/mol. The molecule has 1 saturated heterocycles. The molecule has 1 aromatic carbocycles. The molecule has 2 unspecified atom stereocenters. The van der Waals surface area contributed by atoms with E-state index in [9.17, 15) is 9.59 Å². The van der Waals surface area contributed by atoms with Gasteiger partial charge in [-0.3, -0.25) is 14.5 Å². The maximum atomic E-state index is 12.9. The molecule has 2 atom stereocenters. The van der Waals surface area contributed by atoms with Gasteiger partial charge in [-0.05, 0) is 31.1 Å². The second-order valence-corrected chi connectivity index (χ2v) is 6.48. The van der Waals surface area contributed by atoms with E-state index in [1.807, 2.05) is 60.9 Å². The number of amides is 2. The van der Waals surface area contributed by atoms with Gasteiger partial charge in [0.25, 0.3) is 0 Å². The first-order chi connectivity index (χ1) is 11.7. The summed E-state index contributed by atoms with van der Waals surface area (Å²) in [6, 6.07) is 15.2. The summed E-state index contributed by atoms with van der Waals surface area (Å²) in [5, 5.41) is 0. The van der Waals surface area contributed by atoms with Gasteiger partial charge < -0.3 is 0 Å². The van der Waals surface area contributed by atoms with E-state index in [2.05, 4.69) is 11.5 Å².